The zero-order valence-corrected chi connectivity index (χ0v) is 22.6. The Bertz CT molecular complexity index is 1290. The van der Waals surface area contributed by atoms with Crippen molar-refractivity contribution in [2.45, 2.75) is 64.2 Å². The molecular formula is C28H33N3O7. The number of nitrogens with zero attached hydrogens (tertiary/aromatic N) is 3. The molecule has 202 valence electrons. The Morgan fingerprint density at radius 2 is 1.82 bits per heavy atom. The fourth-order valence-electron chi connectivity index (χ4n) is 5.40. The summed E-state index contributed by atoms with van der Waals surface area (Å²) in [5.41, 5.74) is -0.763. The van der Waals surface area contributed by atoms with Gasteiger partial charge in [0.1, 0.15) is 41.2 Å². The van der Waals surface area contributed by atoms with E-state index < -0.39 is 28.1 Å². The summed E-state index contributed by atoms with van der Waals surface area (Å²) in [7, 11) is 1.49. The lowest BCUT2D eigenvalue weighted by atomic mass is 9.55. The maximum Gasteiger partial charge on any atom is 0.315 e. The van der Waals surface area contributed by atoms with Gasteiger partial charge in [-0.1, -0.05) is 6.07 Å². The smallest absolute Gasteiger partial charge is 0.315 e. The summed E-state index contributed by atoms with van der Waals surface area (Å²) in [5.74, 6) is 0.748. The molecule has 0 amide bonds. The van der Waals surface area contributed by atoms with Gasteiger partial charge in [0.2, 0.25) is 5.88 Å². The number of Topliss-reactive ketones (excluding diaryl/α,β-unsaturated/α-hetero) is 1. The quantitative estimate of drug-likeness (QED) is 0.414. The molecule has 0 N–H and O–H groups in total. The first-order valence-electron chi connectivity index (χ1n) is 12.6. The Hall–Kier alpha value is -3.53. The highest BCUT2D eigenvalue weighted by atomic mass is 16.6. The second kappa shape index (κ2) is 9.04. The minimum atomic E-state index is -0.849. The van der Waals surface area contributed by atoms with E-state index in [9.17, 15) is 9.59 Å². The second-order valence-corrected chi connectivity index (χ2v) is 11.5. The van der Waals surface area contributed by atoms with Crippen LogP contribution in [0.25, 0.3) is 0 Å². The van der Waals surface area contributed by atoms with E-state index in [1.54, 1.807) is 0 Å². The van der Waals surface area contributed by atoms with E-state index in [-0.39, 0.29) is 30.9 Å². The van der Waals surface area contributed by atoms with Gasteiger partial charge in [0, 0.05) is 12.0 Å². The fraction of sp³-hybridized carbons (Fsp3) is 0.536. The number of aliphatic imine (C=N–C) groups is 1. The number of aromatic nitrogens is 2. The summed E-state index contributed by atoms with van der Waals surface area (Å²) >= 11 is 0. The summed E-state index contributed by atoms with van der Waals surface area (Å²) in [6, 6.07) is 5.69. The zero-order valence-electron chi connectivity index (χ0n) is 22.6. The highest BCUT2D eigenvalue weighted by Crippen LogP contribution is 2.62. The largest absolute Gasteiger partial charge is 0.487 e. The molecule has 1 atom stereocenters. The standard InChI is InChI=1S/C28H33N3O7/c1-25(2,3)38-24(33)11-22-31-28(16-36-22)18-9-17(10-20(32)19-12-30-23(34-6)13-29-19)7-8-21(18)37-26(4,5)27(28)14-35-15-27/h7-9,12-13H,10-11,14-16H2,1-6H3. The molecule has 0 radical (unpaired) electrons. The molecule has 1 unspecified atom stereocenters. The third kappa shape index (κ3) is 4.30. The van der Waals surface area contributed by atoms with Crippen LogP contribution >= 0.6 is 0 Å². The number of benzene rings is 1. The van der Waals surface area contributed by atoms with Crippen LogP contribution in [0.5, 0.6) is 11.6 Å². The van der Waals surface area contributed by atoms with Gasteiger partial charge >= 0.3 is 5.97 Å². The lowest BCUT2D eigenvalue weighted by molar-refractivity contribution is -0.247. The van der Waals surface area contributed by atoms with Crippen LogP contribution in [0.3, 0.4) is 0 Å². The molecule has 1 aromatic carbocycles. The number of esters is 1. The third-order valence-corrected chi connectivity index (χ3v) is 7.46. The van der Waals surface area contributed by atoms with Gasteiger partial charge in [0.15, 0.2) is 11.7 Å². The maximum atomic E-state index is 13.0. The summed E-state index contributed by atoms with van der Waals surface area (Å²) in [5, 5.41) is 0. The highest BCUT2D eigenvalue weighted by molar-refractivity contribution is 5.96. The van der Waals surface area contributed by atoms with E-state index in [0.29, 0.717) is 30.7 Å². The summed E-state index contributed by atoms with van der Waals surface area (Å²) in [6.45, 7) is 10.6. The van der Waals surface area contributed by atoms with E-state index >= 15 is 0 Å². The van der Waals surface area contributed by atoms with Crippen molar-refractivity contribution in [3.63, 3.8) is 0 Å². The Morgan fingerprint density at radius 1 is 1.05 bits per heavy atom. The molecule has 0 aliphatic carbocycles. The number of ketones is 1. The van der Waals surface area contributed by atoms with Crippen molar-refractivity contribution in [1.29, 1.82) is 0 Å². The van der Waals surface area contributed by atoms with Gasteiger partial charge in [-0.15, -0.1) is 0 Å². The van der Waals surface area contributed by atoms with Crippen molar-refractivity contribution in [3.8, 4) is 11.6 Å². The molecule has 2 aromatic rings. The number of rotatable bonds is 6. The summed E-state index contributed by atoms with van der Waals surface area (Å²) < 4.78 is 28.8. The second-order valence-electron chi connectivity index (χ2n) is 11.5. The average Bonchev–Trinajstić information content (AvgIpc) is 3.20. The number of ether oxygens (including phenoxy) is 5. The van der Waals surface area contributed by atoms with E-state index in [1.165, 1.54) is 19.5 Å². The SMILES string of the molecule is COc1cnc(C(=O)Cc2ccc3c(c2)C2(COC(CC(=O)OC(C)(C)C)=N2)C2(COC2)C(C)(C)O3)cn1. The minimum Gasteiger partial charge on any atom is -0.487 e. The zero-order chi connectivity index (χ0) is 27.3. The third-order valence-electron chi connectivity index (χ3n) is 7.46. The first-order chi connectivity index (χ1) is 17.9. The normalized spacial score (nSPS) is 22.5. The Labute approximate surface area is 221 Å². The molecule has 0 bridgehead atoms. The molecule has 3 aliphatic rings. The lowest BCUT2D eigenvalue weighted by Crippen LogP contribution is -2.71. The van der Waals surface area contributed by atoms with E-state index in [1.807, 2.05) is 52.8 Å². The molecule has 10 heteroatoms. The minimum absolute atomic E-state index is 0.0686. The van der Waals surface area contributed by atoms with Crippen molar-refractivity contribution in [3.05, 3.63) is 47.4 Å². The first kappa shape index (κ1) is 26.1. The summed E-state index contributed by atoms with van der Waals surface area (Å²) in [6.07, 6.45) is 2.88. The molecule has 3 aliphatic heterocycles. The van der Waals surface area contributed by atoms with E-state index in [2.05, 4.69) is 9.97 Å². The molecule has 5 rings (SSSR count). The molecule has 4 heterocycles. The van der Waals surface area contributed by atoms with Crippen molar-refractivity contribution in [2.75, 3.05) is 26.9 Å². The number of fused-ring (bicyclic) bond motifs is 3. The molecule has 0 saturated carbocycles. The molecule has 10 nitrogen and oxygen atoms in total. The van der Waals surface area contributed by atoms with E-state index in [0.717, 1.165) is 11.1 Å². The molecule has 1 saturated heterocycles. The van der Waals surface area contributed by atoms with Crippen LogP contribution in [0, 0.1) is 5.41 Å². The van der Waals surface area contributed by atoms with Gasteiger partial charge in [-0.2, -0.15) is 0 Å². The number of methoxy groups -OCH3 is 1. The van der Waals surface area contributed by atoms with E-state index in [4.69, 9.17) is 28.7 Å². The van der Waals surface area contributed by atoms with Gasteiger partial charge < -0.3 is 23.7 Å². The number of carbonyl (C=O) groups is 2. The predicted molar refractivity (Wildman–Crippen MR) is 137 cm³/mol. The number of carbonyl (C=O) groups excluding carboxylic acids is 2. The van der Waals surface area contributed by atoms with Gasteiger partial charge in [0.05, 0.1) is 38.1 Å². The van der Waals surface area contributed by atoms with Crippen molar-refractivity contribution < 1.29 is 33.3 Å². The maximum absolute atomic E-state index is 13.0. The molecule has 2 spiro atoms. The molecule has 38 heavy (non-hydrogen) atoms. The average molecular weight is 524 g/mol. The van der Waals surface area contributed by atoms with Gasteiger partial charge in [0.25, 0.3) is 0 Å². The van der Waals surface area contributed by atoms with Crippen molar-refractivity contribution >= 4 is 17.7 Å². The number of hydrogen-bond acceptors (Lipinski definition) is 10. The predicted octanol–water partition coefficient (Wildman–Crippen LogP) is 3.45. The van der Waals surface area contributed by atoms with Gasteiger partial charge in [-0.25, -0.2) is 15.0 Å². The highest BCUT2D eigenvalue weighted by Gasteiger charge is 2.71. The Kier molecular flexibility index (Phi) is 6.21. The topological polar surface area (TPSA) is 118 Å². The fourth-order valence-corrected chi connectivity index (χ4v) is 5.40. The van der Waals surface area contributed by atoms with Crippen molar-refractivity contribution in [2.24, 2.45) is 10.4 Å². The monoisotopic (exact) mass is 523 g/mol. The van der Waals surface area contributed by atoms with Crippen LogP contribution in [0.1, 0.15) is 62.7 Å². The number of hydrogen-bond donors (Lipinski definition) is 0. The van der Waals surface area contributed by atoms with Crippen LogP contribution in [0.2, 0.25) is 0 Å². The van der Waals surface area contributed by atoms with Gasteiger partial charge in [-0.3, -0.25) is 9.59 Å². The van der Waals surface area contributed by atoms with Crippen LogP contribution in [-0.2, 0) is 31.0 Å². The molecule has 1 fully saturated rings. The van der Waals surface area contributed by atoms with Gasteiger partial charge in [-0.05, 0) is 52.3 Å². The lowest BCUT2D eigenvalue weighted by Gasteiger charge is -2.61. The molecule has 1 aromatic heterocycles. The van der Waals surface area contributed by atoms with Crippen LogP contribution in [0.15, 0.2) is 35.6 Å². The Morgan fingerprint density at radius 3 is 2.42 bits per heavy atom. The van der Waals surface area contributed by atoms with Crippen LogP contribution < -0.4 is 9.47 Å². The van der Waals surface area contributed by atoms with Crippen molar-refractivity contribution in [1.82, 2.24) is 9.97 Å². The first-order valence-corrected chi connectivity index (χ1v) is 12.6. The van der Waals surface area contributed by atoms with Crippen LogP contribution in [-0.4, -0.2) is 65.8 Å². The molecular weight excluding hydrogens is 490 g/mol. The summed E-state index contributed by atoms with van der Waals surface area (Å²) in [4.78, 5) is 38.9. The Balaban J connectivity index is 1.50. The van der Waals surface area contributed by atoms with Crippen LogP contribution in [0.4, 0.5) is 0 Å².